The van der Waals surface area contributed by atoms with E-state index in [1.807, 2.05) is 13.8 Å². The van der Waals surface area contributed by atoms with Crippen LogP contribution in [0.15, 0.2) is 0 Å². The van der Waals surface area contributed by atoms with E-state index >= 15 is 0 Å². The van der Waals surface area contributed by atoms with Gasteiger partial charge in [-0.25, -0.2) is 4.79 Å². The van der Waals surface area contributed by atoms with Crippen molar-refractivity contribution in [2.75, 3.05) is 172 Å². The highest BCUT2D eigenvalue weighted by atomic mass is 16.7. The van der Waals surface area contributed by atoms with Crippen molar-refractivity contribution >= 4 is 95.1 Å². The van der Waals surface area contributed by atoms with Gasteiger partial charge < -0.3 is 156 Å². The van der Waals surface area contributed by atoms with E-state index in [0.29, 0.717) is 12.8 Å². The third-order valence-corrected chi connectivity index (χ3v) is 17.6. The first-order chi connectivity index (χ1) is 60.5. The zero-order valence-electron chi connectivity index (χ0n) is 74.3. The zero-order valence-corrected chi connectivity index (χ0v) is 74.3. The number of hydrogen-bond acceptors (Lipinski definition) is 41. The quantitative estimate of drug-likeness (QED) is 0.0167. The van der Waals surface area contributed by atoms with Crippen molar-refractivity contribution in [2.45, 2.75) is 239 Å². The van der Waals surface area contributed by atoms with Crippen LogP contribution in [-0.4, -0.2) is 382 Å². The molecule has 3 fully saturated rings. The highest BCUT2D eigenvalue weighted by Gasteiger charge is 2.54. The molecule has 3 rings (SSSR count). The fourth-order valence-corrected chi connectivity index (χ4v) is 12.5. The monoisotopic (exact) mass is 1830 g/mol. The average Bonchev–Trinajstić information content (AvgIpc) is 0.796. The van der Waals surface area contributed by atoms with Crippen LogP contribution in [0, 0.1) is 0 Å². The van der Waals surface area contributed by atoms with Gasteiger partial charge in [0.2, 0.25) is 35.4 Å². The molecule has 48 heteroatoms. The van der Waals surface area contributed by atoms with Crippen LogP contribution in [0.1, 0.15) is 129 Å². The molecule has 0 spiro atoms. The van der Waals surface area contributed by atoms with E-state index in [1.54, 1.807) is 0 Å². The minimum Gasteiger partial charge on any atom is -0.480 e. The lowest BCUT2D eigenvalue weighted by atomic mass is 9.95. The van der Waals surface area contributed by atoms with Gasteiger partial charge in [-0.3, -0.25) is 71.9 Å². The number of ether oxygens (including phenoxy) is 24. The number of carbonyl (C=O) groups excluding carboxylic acids is 15. The van der Waals surface area contributed by atoms with Crippen LogP contribution in [0.5, 0.6) is 0 Å². The highest BCUT2D eigenvalue weighted by molar-refractivity contribution is 5.90. The number of carboxylic acids is 1. The minimum absolute atomic E-state index is 0.000491. The van der Waals surface area contributed by atoms with Crippen molar-refractivity contribution in [3.05, 3.63) is 0 Å². The maximum atomic E-state index is 13.8. The Hall–Kier alpha value is -9.12. The Labute approximate surface area is 735 Å². The summed E-state index contributed by atoms with van der Waals surface area (Å²) in [5.41, 5.74) is 0. The molecule has 3 heterocycles. The van der Waals surface area contributed by atoms with E-state index in [2.05, 4.69) is 37.2 Å². The molecule has 0 bridgehead atoms. The topological polar surface area (TPSA) is 599 Å². The van der Waals surface area contributed by atoms with E-state index in [9.17, 15) is 81.8 Å². The van der Waals surface area contributed by atoms with Crippen LogP contribution >= 0.6 is 0 Å². The Kier molecular flexibility index (Phi) is 57.0. The van der Waals surface area contributed by atoms with Gasteiger partial charge in [0.1, 0.15) is 82.1 Å². The fourth-order valence-electron chi connectivity index (χ4n) is 12.5. The number of carboxylic acid groups (broad SMARTS) is 1. The van der Waals surface area contributed by atoms with Gasteiger partial charge in [-0.1, -0.05) is 13.8 Å². The van der Waals surface area contributed by atoms with Crippen molar-refractivity contribution in [3.63, 3.8) is 0 Å². The predicted octanol–water partition coefficient (Wildman–Crippen LogP) is -3.36. The molecule has 3 aliphatic rings. The summed E-state index contributed by atoms with van der Waals surface area (Å²) in [7, 11) is 0. The van der Waals surface area contributed by atoms with E-state index in [4.69, 9.17) is 114 Å². The van der Waals surface area contributed by atoms with Crippen LogP contribution in [0.2, 0.25) is 0 Å². The molecule has 3 aliphatic heterocycles. The molecule has 17 atom stereocenters. The van der Waals surface area contributed by atoms with E-state index in [0.717, 1.165) is 41.5 Å². The summed E-state index contributed by atoms with van der Waals surface area (Å²) >= 11 is 0. The predicted molar refractivity (Wildman–Crippen MR) is 427 cm³/mol. The Balaban J connectivity index is 1.47. The number of carbonyl (C=O) groups is 16. The lowest BCUT2D eigenvalue weighted by Crippen LogP contribution is -2.66. The third kappa shape index (κ3) is 49.9. The van der Waals surface area contributed by atoms with E-state index in [-0.39, 0.29) is 184 Å². The lowest BCUT2D eigenvalue weighted by molar-refractivity contribution is -0.280. The molecule has 127 heavy (non-hydrogen) atoms. The van der Waals surface area contributed by atoms with Crippen LogP contribution < -0.4 is 37.2 Å². The van der Waals surface area contributed by atoms with Crippen molar-refractivity contribution in [1.29, 1.82) is 0 Å². The number of esters is 9. The number of hydrogen-bond donors (Lipinski definition) is 8. The van der Waals surface area contributed by atoms with Gasteiger partial charge in [0.15, 0.2) is 55.5 Å². The first-order valence-electron chi connectivity index (χ1n) is 41.6. The highest BCUT2D eigenvalue weighted by Crippen LogP contribution is 2.32. The fraction of sp³-hybridized carbons (Fsp3) is 0.797. The van der Waals surface area contributed by atoms with Gasteiger partial charge in [0.25, 0.3) is 0 Å². The molecule has 0 radical (unpaired) electrons. The maximum absolute atomic E-state index is 13.8. The normalized spacial score (nSPS) is 22.4. The van der Waals surface area contributed by atoms with Gasteiger partial charge in [0, 0.05) is 95.3 Å². The number of unbranched alkanes of at least 4 members (excludes halogenated alkanes) is 2. The summed E-state index contributed by atoms with van der Waals surface area (Å²) < 4.78 is 134. The second-order valence-electron chi connectivity index (χ2n) is 28.9. The minimum atomic E-state index is -1.41. The molecular weight excluding hydrogens is 1700 g/mol. The second kappa shape index (κ2) is 64.6. The summed E-state index contributed by atoms with van der Waals surface area (Å²) in [6, 6.07) is -6.01. The molecule has 8 N–H and O–H groups in total. The van der Waals surface area contributed by atoms with Crippen molar-refractivity contribution < 1.29 is 196 Å². The molecule has 6 amide bonds. The number of amides is 6. The van der Waals surface area contributed by atoms with Crippen molar-refractivity contribution in [1.82, 2.24) is 37.2 Å². The maximum Gasteiger partial charge on any atom is 0.326 e. The first-order valence-corrected chi connectivity index (χ1v) is 41.6. The molecule has 0 aromatic heterocycles. The SMILES string of the molecule is CC(=O)N[C@H]1[C@H](OCCOCCOCCOCC(=O)NCCCC[C@H](NC(=O)[C@H](CCCCNC(=O)COCCOCCOCCO[C@@H]2O[C@H](COC(C)=O)[C@H](OC(C)=O)[C@H](OC(C)=O)[C@H]2NC(C)C)NC(=O)COCCOCCOCCO[C@@H]2O[C@H](COC(C)=O)[C@H](OC(C)=O)[C@H](OC(C)=O)[C@H]2NC(C)=O)C(=O)O)O[C@H](COC(C)=O)[C@H](OC(C)=O)[C@@H]1OC(C)=O. The smallest absolute Gasteiger partial charge is 0.326 e. The lowest BCUT2D eigenvalue weighted by Gasteiger charge is -2.45. The largest absolute Gasteiger partial charge is 0.480 e. The molecule has 48 nitrogen and oxygen atoms in total. The van der Waals surface area contributed by atoms with Crippen LogP contribution in [-0.2, 0) is 190 Å². The summed E-state index contributed by atoms with van der Waals surface area (Å²) in [5.74, 6) is -11.3. The summed E-state index contributed by atoms with van der Waals surface area (Å²) in [4.78, 5) is 197. The molecule has 3 saturated heterocycles. The van der Waals surface area contributed by atoms with Crippen molar-refractivity contribution in [3.8, 4) is 0 Å². The summed E-state index contributed by atoms with van der Waals surface area (Å²) in [5, 5.41) is 29.1. The second-order valence-corrected chi connectivity index (χ2v) is 28.9. The molecule has 726 valence electrons. The van der Waals surface area contributed by atoms with Gasteiger partial charge in [-0.05, 0) is 38.5 Å². The van der Waals surface area contributed by atoms with Crippen molar-refractivity contribution in [2.24, 2.45) is 0 Å². The Morgan fingerprint density at radius 2 is 0.591 bits per heavy atom. The van der Waals surface area contributed by atoms with Gasteiger partial charge in [-0.2, -0.15) is 0 Å². The summed E-state index contributed by atoms with van der Waals surface area (Å²) in [6.45, 7) is 14.9. The van der Waals surface area contributed by atoms with Crippen LogP contribution in [0.3, 0.4) is 0 Å². The van der Waals surface area contributed by atoms with E-state index in [1.165, 1.54) is 34.6 Å². The zero-order chi connectivity index (χ0) is 94.2. The first kappa shape index (κ1) is 112. The number of rotatable bonds is 66. The average molecular weight is 1830 g/mol. The third-order valence-electron chi connectivity index (χ3n) is 17.6. The molecule has 0 saturated carbocycles. The molecular formula is C79H129N7O41. The van der Waals surface area contributed by atoms with Gasteiger partial charge in [0.05, 0.1) is 125 Å². The molecule has 0 aromatic rings. The Morgan fingerprint density at radius 3 is 0.882 bits per heavy atom. The molecule has 0 aromatic carbocycles. The van der Waals surface area contributed by atoms with Crippen LogP contribution in [0.25, 0.3) is 0 Å². The number of nitrogens with one attached hydrogen (secondary N) is 7. The molecule has 0 unspecified atom stereocenters. The van der Waals surface area contributed by atoms with Gasteiger partial charge in [-0.15, -0.1) is 0 Å². The Morgan fingerprint density at radius 1 is 0.315 bits per heavy atom. The standard InChI is InChI=1S/C79H129N7O41/c1-46(2)82-66-72(122-55(11)95)69(119-52(8)92)60(40-116-49(5)89)125-77(66)113-37-34-107-25-22-104-28-31-110-43-63(98)80-20-16-14-18-58(85-65(100)45-112-33-30-106-24-27-109-36-39-115-79-68(84-48(4)88)74(124-57(13)97)71(121-54(10)94)62(127-79)42-118-51(7)91)75(101)86-59(76(102)103)19-15-17-21-81-64(99)44-111-32-29-105-23-26-108-35-38-114-78-67(83-47(3)87)73(123-56(12)96)70(120-53(9)93)61(126-78)41-117-50(6)90/h46,58-62,66-74,77-79,82H,14-45H2,1-13H3,(H,80,98)(H,81,99)(H,83,87)(H,84,88)(H,85,100)(H,86,101)(H,102,103)/t58-,59-,60+,61+,62+,66+,67+,68+,69-,70-,71-,72+,73+,74+,77+,78+,79+/m0/s1. The van der Waals surface area contributed by atoms with Crippen LogP contribution in [0.4, 0.5) is 0 Å². The number of aliphatic carboxylic acids is 1. The summed E-state index contributed by atoms with van der Waals surface area (Å²) in [6.07, 6.45) is -13.5. The van der Waals surface area contributed by atoms with E-state index < -0.39 is 219 Å². The molecule has 0 aliphatic carbocycles. The van der Waals surface area contributed by atoms with Gasteiger partial charge >= 0.3 is 59.7 Å². The Bertz CT molecular complexity index is 3380.